The molecule has 0 bridgehead atoms. The highest BCUT2D eigenvalue weighted by atomic mass is 127. The fourth-order valence-corrected chi connectivity index (χ4v) is 4.12. The van der Waals surface area contributed by atoms with Crippen LogP contribution in [-0.2, 0) is 14.3 Å². The number of anilines is 1. The second-order valence-electron chi connectivity index (χ2n) is 7.89. The normalized spacial score (nSPS) is 21.5. The summed E-state index contributed by atoms with van der Waals surface area (Å²) in [5.74, 6) is 0.554. The van der Waals surface area contributed by atoms with Crippen molar-refractivity contribution in [2.24, 2.45) is 16.8 Å². The zero-order valence-electron chi connectivity index (χ0n) is 18.6. The van der Waals surface area contributed by atoms with Crippen molar-refractivity contribution in [1.29, 1.82) is 0 Å². The molecule has 0 saturated carbocycles. The minimum Gasteiger partial charge on any atom is -0.469 e. The molecule has 31 heavy (non-hydrogen) atoms. The maximum atomic E-state index is 12.7. The highest BCUT2D eigenvalue weighted by Crippen LogP contribution is 2.24. The number of piperazine rings is 1. The molecule has 0 aliphatic carbocycles. The molecule has 2 fully saturated rings. The number of nitrogens with zero attached hydrogens (tertiary/aromatic N) is 4. The lowest BCUT2D eigenvalue weighted by molar-refractivity contribution is -0.146. The monoisotopic (exact) mass is 543 g/mol. The van der Waals surface area contributed by atoms with Crippen LogP contribution in [0.3, 0.4) is 0 Å². The molecule has 8 nitrogen and oxygen atoms in total. The Morgan fingerprint density at radius 3 is 2.39 bits per heavy atom. The third kappa shape index (κ3) is 6.47. The number of carbonyl (C=O) groups excluding carboxylic acids is 2. The van der Waals surface area contributed by atoms with Gasteiger partial charge in [-0.3, -0.25) is 9.59 Å². The lowest BCUT2D eigenvalue weighted by Crippen LogP contribution is -2.49. The Hall–Kier alpha value is -2.04. The fourth-order valence-electron chi connectivity index (χ4n) is 4.12. The van der Waals surface area contributed by atoms with Gasteiger partial charge in [-0.2, -0.15) is 0 Å². The average Bonchev–Trinajstić information content (AvgIpc) is 3.18. The standard InChI is InChI=1S/C22H33N5O3.HI/c1-4-23-22(27-15-17(2)19(16-27)21(29)30-3)24-14-20(28)26-12-10-25(11-13-26)18-8-6-5-7-9-18;/h5-9,17,19H,4,10-16H2,1-3H3,(H,23,24);1H. The van der Waals surface area contributed by atoms with Crippen LogP contribution in [0.25, 0.3) is 0 Å². The summed E-state index contributed by atoms with van der Waals surface area (Å²) in [5, 5.41) is 3.25. The quantitative estimate of drug-likeness (QED) is 0.264. The molecule has 1 aromatic rings. The molecule has 1 N–H and O–H groups in total. The number of halogens is 1. The van der Waals surface area contributed by atoms with E-state index < -0.39 is 0 Å². The zero-order valence-corrected chi connectivity index (χ0v) is 21.0. The third-order valence-electron chi connectivity index (χ3n) is 5.87. The van der Waals surface area contributed by atoms with Crippen LogP contribution in [0, 0.1) is 11.8 Å². The lowest BCUT2D eigenvalue weighted by atomic mass is 9.99. The molecule has 0 radical (unpaired) electrons. The van der Waals surface area contributed by atoms with Crippen LogP contribution in [0.2, 0.25) is 0 Å². The predicted molar refractivity (Wildman–Crippen MR) is 133 cm³/mol. The molecule has 0 spiro atoms. The molecular formula is C22H34IN5O3. The first kappa shape index (κ1) is 25.2. The first-order valence-electron chi connectivity index (χ1n) is 10.7. The maximum Gasteiger partial charge on any atom is 0.310 e. The van der Waals surface area contributed by atoms with Crippen LogP contribution in [0.5, 0.6) is 0 Å². The molecule has 0 aromatic heterocycles. The molecule has 2 saturated heterocycles. The first-order chi connectivity index (χ1) is 14.5. The van der Waals surface area contributed by atoms with Gasteiger partial charge < -0.3 is 24.8 Å². The van der Waals surface area contributed by atoms with Gasteiger partial charge in [0.2, 0.25) is 5.91 Å². The summed E-state index contributed by atoms with van der Waals surface area (Å²) in [6, 6.07) is 10.3. The van der Waals surface area contributed by atoms with Crippen molar-refractivity contribution in [1.82, 2.24) is 15.1 Å². The van der Waals surface area contributed by atoms with Gasteiger partial charge in [-0.25, -0.2) is 4.99 Å². The van der Waals surface area contributed by atoms with Crippen molar-refractivity contribution in [2.75, 3.05) is 64.4 Å². The highest BCUT2D eigenvalue weighted by molar-refractivity contribution is 14.0. The minimum absolute atomic E-state index is 0. The Labute approximate surface area is 202 Å². The van der Waals surface area contributed by atoms with Crippen LogP contribution in [0.4, 0.5) is 5.69 Å². The first-order valence-corrected chi connectivity index (χ1v) is 10.7. The second-order valence-corrected chi connectivity index (χ2v) is 7.89. The summed E-state index contributed by atoms with van der Waals surface area (Å²) in [7, 11) is 1.42. The van der Waals surface area contributed by atoms with E-state index in [4.69, 9.17) is 4.74 Å². The zero-order chi connectivity index (χ0) is 21.5. The number of nitrogens with one attached hydrogen (secondary N) is 1. The van der Waals surface area contributed by atoms with Gasteiger partial charge in [0, 0.05) is 51.5 Å². The van der Waals surface area contributed by atoms with E-state index in [2.05, 4.69) is 32.2 Å². The predicted octanol–water partition coefficient (Wildman–Crippen LogP) is 1.66. The van der Waals surface area contributed by atoms with Gasteiger partial charge in [0.05, 0.1) is 13.0 Å². The van der Waals surface area contributed by atoms with E-state index in [1.54, 1.807) is 0 Å². The Bertz CT molecular complexity index is 753. The summed E-state index contributed by atoms with van der Waals surface area (Å²) >= 11 is 0. The second kappa shape index (κ2) is 12.1. The maximum absolute atomic E-state index is 12.7. The number of hydrogen-bond acceptors (Lipinski definition) is 5. The number of amides is 1. The van der Waals surface area contributed by atoms with Crippen LogP contribution in [0.1, 0.15) is 13.8 Å². The van der Waals surface area contributed by atoms with E-state index in [0.29, 0.717) is 32.1 Å². The van der Waals surface area contributed by atoms with Crippen molar-refractivity contribution in [3.05, 3.63) is 30.3 Å². The fraction of sp³-hybridized carbons (Fsp3) is 0.591. The van der Waals surface area contributed by atoms with Crippen molar-refractivity contribution in [3.63, 3.8) is 0 Å². The number of guanidine groups is 1. The van der Waals surface area contributed by atoms with E-state index in [9.17, 15) is 9.59 Å². The largest absolute Gasteiger partial charge is 0.469 e. The Morgan fingerprint density at radius 2 is 1.77 bits per heavy atom. The van der Waals surface area contributed by atoms with E-state index in [0.717, 1.165) is 19.6 Å². The lowest BCUT2D eigenvalue weighted by Gasteiger charge is -2.36. The number of carbonyl (C=O) groups is 2. The number of para-hydroxylation sites is 1. The van der Waals surface area contributed by atoms with Gasteiger partial charge in [0.25, 0.3) is 0 Å². The number of hydrogen-bond donors (Lipinski definition) is 1. The van der Waals surface area contributed by atoms with Gasteiger partial charge >= 0.3 is 5.97 Å². The molecule has 2 heterocycles. The van der Waals surface area contributed by atoms with E-state index in [1.807, 2.05) is 36.9 Å². The molecule has 3 rings (SSSR count). The molecule has 1 amide bonds. The molecule has 2 unspecified atom stereocenters. The molecule has 2 aliphatic heterocycles. The van der Waals surface area contributed by atoms with Gasteiger partial charge in [-0.05, 0) is 25.0 Å². The number of benzene rings is 1. The Kier molecular flexibility index (Phi) is 9.86. The van der Waals surface area contributed by atoms with Crippen molar-refractivity contribution in [2.45, 2.75) is 13.8 Å². The van der Waals surface area contributed by atoms with Gasteiger partial charge in [-0.15, -0.1) is 24.0 Å². The van der Waals surface area contributed by atoms with Crippen LogP contribution >= 0.6 is 24.0 Å². The summed E-state index contributed by atoms with van der Waals surface area (Å²) in [4.78, 5) is 35.5. The summed E-state index contributed by atoms with van der Waals surface area (Å²) < 4.78 is 4.92. The van der Waals surface area contributed by atoms with E-state index in [-0.39, 0.29) is 54.2 Å². The smallest absolute Gasteiger partial charge is 0.310 e. The van der Waals surface area contributed by atoms with Crippen LogP contribution in [0.15, 0.2) is 35.3 Å². The number of ether oxygens (including phenoxy) is 1. The number of likely N-dealkylation sites (tertiary alicyclic amines) is 1. The number of rotatable bonds is 5. The Balaban J connectivity index is 0.00000341. The summed E-state index contributed by atoms with van der Waals surface area (Å²) in [5.41, 5.74) is 1.19. The minimum atomic E-state index is -0.187. The topological polar surface area (TPSA) is 77.5 Å². The van der Waals surface area contributed by atoms with Crippen molar-refractivity contribution >= 4 is 47.5 Å². The van der Waals surface area contributed by atoms with Gasteiger partial charge in [0.1, 0.15) is 6.54 Å². The summed E-state index contributed by atoms with van der Waals surface area (Å²) in [6.45, 7) is 9.18. The van der Waals surface area contributed by atoms with Crippen LogP contribution in [-0.4, -0.2) is 87.1 Å². The molecular weight excluding hydrogens is 509 g/mol. The number of methoxy groups -OCH3 is 1. The summed E-state index contributed by atoms with van der Waals surface area (Å²) in [6.07, 6.45) is 0. The highest BCUT2D eigenvalue weighted by Gasteiger charge is 2.37. The van der Waals surface area contributed by atoms with Gasteiger partial charge in [0.15, 0.2) is 5.96 Å². The van der Waals surface area contributed by atoms with Crippen molar-refractivity contribution in [3.8, 4) is 0 Å². The number of esters is 1. The van der Waals surface area contributed by atoms with Crippen molar-refractivity contribution < 1.29 is 14.3 Å². The van der Waals surface area contributed by atoms with Gasteiger partial charge in [-0.1, -0.05) is 25.1 Å². The van der Waals surface area contributed by atoms with Crippen LogP contribution < -0.4 is 10.2 Å². The Morgan fingerprint density at radius 1 is 1.10 bits per heavy atom. The molecule has 1 aromatic carbocycles. The SMILES string of the molecule is CCNC(=NCC(=O)N1CCN(c2ccccc2)CC1)N1CC(C)C(C(=O)OC)C1.I. The average molecular weight is 543 g/mol. The molecule has 9 heteroatoms. The third-order valence-corrected chi connectivity index (χ3v) is 5.87. The molecule has 2 aliphatic rings. The van der Waals surface area contributed by atoms with E-state index in [1.165, 1.54) is 12.8 Å². The van der Waals surface area contributed by atoms with E-state index >= 15 is 0 Å². The number of aliphatic imine (C=N–C) groups is 1. The molecule has 172 valence electrons. The molecule has 2 atom stereocenters.